The quantitative estimate of drug-likeness (QED) is 0.677. The van der Waals surface area contributed by atoms with Gasteiger partial charge in [0.2, 0.25) is 0 Å². The van der Waals surface area contributed by atoms with Crippen LogP contribution in [0.2, 0.25) is 0 Å². The van der Waals surface area contributed by atoms with Gasteiger partial charge in [-0.2, -0.15) is 7.99 Å². The van der Waals surface area contributed by atoms with Crippen molar-refractivity contribution in [1.82, 2.24) is 13.0 Å². The van der Waals surface area contributed by atoms with Gasteiger partial charge in [0.15, 0.2) is 5.65 Å². The molecule has 0 N–H and O–H groups in total. The molecular formula is C7H6IN3. The van der Waals surface area contributed by atoms with E-state index in [1.165, 1.54) is 0 Å². The van der Waals surface area contributed by atoms with Gasteiger partial charge >= 0.3 is 0 Å². The molecule has 56 valence electrons. The Bertz CT molecular complexity index is 357. The Balaban J connectivity index is 2.95. The zero-order chi connectivity index (χ0) is 7.84. The van der Waals surface area contributed by atoms with E-state index in [9.17, 15) is 0 Å². The second kappa shape index (κ2) is 2.44. The maximum absolute atomic E-state index is 4.23. The summed E-state index contributed by atoms with van der Waals surface area (Å²) in [6.45, 7) is 1.99. The predicted molar refractivity (Wildman–Crippen MR) is 51.7 cm³/mol. The zero-order valence-electron chi connectivity index (χ0n) is 5.95. The van der Waals surface area contributed by atoms with E-state index in [4.69, 9.17) is 0 Å². The molecule has 0 saturated carbocycles. The van der Waals surface area contributed by atoms with Gasteiger partial charge < -0.3 is 0 Å². The van der Waals surface area contributed by atoms with Crippen LogP contribution in [0, 0.1) is 6.92 Å². The Morgan fingerprint density at radius 2 is 2.36 bits per heavy atom. The Kier molecular flexibility index (Phi) is 1.56. The Hall–Kier alpha value is -0.650. The minimum absolute atomic E-state index is 0.936. The highest BCUT2D eigenvalue weighted by molar-refractivity contribution is 14.1. The van der Waals surface area contributed by atoms with Crippen LogP contribution in [0.15, 0.2) is 18.3 Å². The molecule has 4 heteroatoms. The standard InChI is InChI=1S/C7H6IN3/c1-5-6-3-2-4-9-7(6)11(8)10-5/h2-4H,1H3. The average Bonchev–Trinajstić information content (AvgIpc) is 2.30. The Morgan fingerprint density at radius 3 is 3.09 bits per heavy atom. The summed E-state index contributed by atoms with van der Waals surface area (Å²) in [7, 11) is 0. The Morgan fingerprint density at radius 1 is 1.55 bits per heavy atom. The molecule has 0 fully saturated rings. The highest BCUT2D eigenvalue weighted by Crippen LogP contribution is 2.16. The van der Waals surface area contributed by atoms with Crippen LogP contribution in [0.25, 0.3) is 11.0 Å². The maximum Gasteiger partial charge on any atom is 0.168 e. The lowest BCUT2D eigenvalue weighted by Gasteiger charge is -1.87. The van der Waals surface area contributed by atoms with Crippen molar-refractivity contribution in [3.05, 3.63) is 24.0 Å². The van der Waals surface area contributed by atoms with Gasteiger partial charge in [0.05, 0.1) is 28.6 Å². The number of aromatic nitrogens is 3. The molecule has 2 rings (SSSR count). The topological polar surface area (TPSA) is 30.7 Å². The third-order valence-electron chi connectivity index (χ3n) is 1.59. The third-order valence-corrected chi connectivity index (χ3v) is 2.26. The van der Waals surface area contributed by atoms with Crippen molar-refractivity contribution in [3.8, 4) is 0 Å². The minimum Gasteiger partial charge on any atom is -0.236 e. The molecule has 2 heterocycles. The molecule has 0 aliphatic rings. The van der Waals surface area contributed by atoms with Gasteiger partial charge in [-0.15, -0.1) is 0 Å². The molecule has 0 amide bonds. The van der Waals surface area contributed by atoms with E-state index in [0.29, 0.717) is 0 Å². The fourth-order valence-corrected chi connectivity index (χ4v) is 1.77. The normalized spacial score (nSPS) is 10.7. The van der Waals surface area contributed by atoms with Gasteiger partial charge in [0.1, 0.15) is 0 Å². The molecule has 0 atom stereocenters. The van der Waals surface area contributed by atoms with Crippen LogP contribution in [0.5, 0.6) is 0 Å². The molecule has 0 aromatic carbocycles. The molecule has 0 spiro atoms. The summed E-state index contributed by atoms with van der Waals surface area (Å²) in [4.78, 5) is 4.19. The molecule has 3 nitrogen and oxygen atoms in total. The summed E-state index contributed by atoms with van der Waals surface area (Å²) in [6.07, 6.45) is 1.78. The van der Waals surface area contributed by atoms with Gasteiger partial charge in [-0.3, -0.25) is 0 Å². The van der Waals surface area contributed by atoms with E-state index < -0.39 is 0 Å². The van der Waals surface area contributed by atoms with Gasteiger partial charge in [-0.05, 0) is 19.1 Å². The summed E-state index contributed by atoms with van der Waals surface area (Å²) < 4.78 is 1.77. The first-order chi connectivity index (χ1) is 5.29. The highest BCUT2D eigenvalue weighted by Gasteiger charge is 2.03. The van der Waals surface area contributed by atoms with Crippen LogP contribution < -0.4 is 0 Å². The number of aryl methyl sites for hydroxylation is 1. The summed E-state index contributed by atoms with van der Waals surface area (Å²) in [5.74, 6) is 0. The molecular weight excluding hydrogens is 253 g/mol. The number of hydrogen-bond acceptors (Lipinski definition) is 2. The van der Waals surface area contributed by atoms with Gasteiger partial charge in [0.25, 0.3) is 0 Å². The monoisotopic (exact) mass is 259 g/mol. The molecule has 0 bridgehead atoms. The summed E-state index contributed by atoms with van der Waals surface area (Å²) in [6, 6.07) is 3.95. The molecule has 0 radical (unpaired) electrons. The van der Waals surface area contributed by atoms with Crippen molar-refractivity contribution < 1.29 is 0 Å². The van der Waals surface area contributed by atoms with Crippen molar-refractivity contribution in [2.75, 3.05) is 0 Å². The fraction of sp³-hybridized carbons (Fsp3) is 0.143. The van der Waals surface area contributed by atoms with E-state index >= 15 is 0 Å². The van der Waals surface area contributed by atoms with E-state index in [0.717, 1.165) is 16.7 Å². The fourth-order valence-electron chi connectivity index (χ4n) is 1.06. The Labute approximate surface area is 77.9 Å². The predicted octanol–water partition coefficient (Wildman–Crippen LogP) is 1.94. The van der Waals surface area contributed by atoms with Gasteiger partial charge in [-0.1, -0.05) is 0 Å². The van der Waals surface area contributed by atoms with Crippen LogP contribution >= 0.6 is 22.9 Å². The molecule has 2 aromatic rings. The lowest BCUT2D eigenvalue weighted by molar-refractivity contribution is 1.03. The second-order valence-corrected chi connectivity index (χ2v) is 3.23. The lowest BCUT2D eigenvalue weighted by atomic mass is 10.3. The zero-order valence-corrected chi connectivity index (χ0v) is 8.11. The van der Waals surface area contributed by atoms with Crippen LogP contribution in [-0.2, 0) is 0 Å². The minimum atomic E-state index is 0.936. The van der Waals surface area contributed by atoms with Crippen molar-refractivity contribution in [3.63, 3.8) is 0 Å². The lowest BCUT2D eigenvalue weighted by Crippen LogP contribution is -1.82. The first-order valence-electron chi connectivity index (χ1n) is 3.25. The first kappa shape index (κ1) is 7.02. The van der Waals surface area contributed by atoms with Crippen LogP contribution in [0.1, 0.15) is 5.69 Å². The van der Waals surface area contributed by atoms with Crippen molar-refractivity contribution in [1.29, 1.82) is 0 Å². The van der Waals surface area contributed by atoms with E-state index in [1.807, 2.05) is 19.1 Å². The van der Waals surface area contributed by atoms with Crippen molar-refractivity contribution >= 4 is 33.9 Å². The molecule has 0 saturated heterocycles. The second-order valence-electron chi connectivity index (χ2n) is 2.32. The van der Waals surface area contributed by atoms with E-state index in [1.54, 1.807) is 9.09 Å². The number of pyridine rings is 1. The van der Waals surface area contributed by atoms with Crippen LogP contribution in [0.4, 0.5) is 0 Å². The first-order valence-corrected chi connectivity index (χ1v) is 4.22. The summed E-state index contributed by atoms with van der Waals surface area (Å²) in [5.41, 5.74) is 1.97. The molecule has 2 aromatic heterocycles. The van der Waals surface area contributed by atoms with E-state index in [2.05, 4.69) is 32.9 Å². The van der Waals surface area contributed by atoms with Gasteiger partial charge in [0, 0.05) is 11.6 Å². The molecule has 0 aliphatic heterocycles. The number of halogens is 1. The SMILES string of the molecule is Cc1nn(I)c2ncccc12. The molecule has 0 unspecified atom stereocenters. The maximum atomic E-state index is 4.23. The number of nitrogens with zero attached hydrogens (tertiary/aromatic N) is 3. The number of fused-ring (bicyclic) bond motifs is 1. The smallest absolute Gasteiger partial charge is 0.168 e. The average molecular weight is 259 g/mol. The largest absolute Gasteiger partial charge is 0.236 e. The van der Waals surface area contributed by atoms with E-state index in [-0.39, 0.29) is 0 Å². The van der Waals surface area contributed by atoms with Crippen molar-refractivity contribution in [2.45, 2.75) is 6.92 Å². The summed E-state index contributed by atoms with van der Waals surface area (Å²) >= 11 is 2.12. The van der Waals surface area contributed by atoms with Gasteiger partial charge in [-0.25, -0.2) is 4.98 Å². The van der Waals surface area contributed by atoms with Crippen molar-refractivity contribution in [2.24, 2.45) is 0 Å². The highest BCUT2D eigenvalue weighted by atomic mass is 127. The molecule has 11 heavy (non-hydrogen) atoms. The third kappa shape index (κ3) is 1.01. The van der Waals surface area contributed by atoms with Crippen LogP contribution in [0.3, 0.4) is 0 Å². The number of hydrogen-bond donors (Lipinski definition) is 0. The van der Waals surface area contributed by atoms with Crippen LogP contribution in [-0.4, -0.2) is 13.0 Å². The number of rotatable bonds is 0. The molecule has 0 aliphatic carbocycles. The summed E-state index contributed by atoms with van der Waals surface area (Å²) in [5, 5.41) is 5.36.